The van der Waals surface area contributed by atoms with Crippen LogP contribution in [-0.2, 0) is 0 Å². The summed E-state index contributed by atoms with van der Waals surface area (Å²) in [7, 11) is 0. The Morgan fingerprint density at radius 3 is 2.67 bits per heavy atom. The Morgan fingerprint density at radius 2 is 1.90 bits per heavy atom. The molecule has 21 heavy (non-hydrogen) atoms. The highest BCUT2D eigenvalue weighted by Crippen LogP contribution is 2.39. The van der Waals surface area contributed by atoms with Gasteiger partial charge in [0, 0.05) is 10.5 Å². The maximum atomic E-state index is 6.02. The SMILES string of the molecule is CSc1ccccc1-c1noc(N)c1-c1cccc(C)c1. The summed E-state index contributed by atoms with van der Waals surface area (Å²) in [5.41, 5.74) is 10.9. The van der Waals surface area contributed by atoms with Crippen LogP contribution in [0.2, 0.25) is 0 Å². The van der Waals surface area contributed by atoms with Crippen molar-refractivity contribution in [3.63, 3.8) is 0 Å². The van der Waals surface area contributed by atoms with Crippen LogP contribution in [0.15, 0.2) is 57.9 Å². The Labute approximate surface area is 128 Å². The molecule has 3 rings (SSSR count). The van der Waals surface area contributed by atoms with Crippen molar-refractivity contribution in [1.29, 1.82) is 0 Å². The smallest absolute Gasteiger partial charge is 0.230 e. The summed E-state index contributed by atoms with van der Waals surface area (Å²) in [4.78, 5) is 1.15. The van der Waals surface area contributed by atoms with Gasteiger partial charge in [-0.05, 0) is 24.8 Å². The van der Waals surface area contributed by atoms with E-state index in [0.29, 0.717) is 5.88 Å². The Morgan fingerprint density at radius 1 is 1.10 bits per heavy atom. The van der Waals surface area contributed by atoms with Crippen molar-refractivity contribution in [2.24, 2.45) is 0 Å². The minimum absolute atomic E-state index is 0.353. The van der Waals surface area contributed by atoms with Gasteiger partial charge >= 0.3 is 0 Å². The van der Waals surface area contributed by atoms with Gasteiger partial charge < -0.3 is 10.3 Å². The van der Waals surface area contributed by atoms with Gasteiger partial charge in [0.2, 0.25) is 5.88 Å². The van der Waals surface area contributed by atoms with Gasteiger partial charge in [-0.15, -0.1) is 11.8 Å². The molecule has 0 fully saturated rings. The highest BCUT2D eigenvalue weighted by atomic mass is 32.2. The van der Waals surface area contributed by atoms with Crippen molar-refractivity contribution >= 4 is 17.6 Å². The van der Waals surface area contributed by atoms with E-state index < -0.39 is 0 Å². The van der Waals surface area contributed by atoms with Gasteiger partial charge in [0.25, 0.3) is 0 Å². The number of benzene rings is 2. The van der Waals surface area contributed by atoms with Crippen LogP contribution in [0.5, 0.6) is 0 Å². The first-order chi connectivity index (χ1) is 10.2. The van der Waals surface area contributed by atoms with Crippen molar-refractivity contribution < 1.29 is 4.52 Å². The van der Waals surface area contributed by atoms with Crippen LogP contribution in [-0.4, -0.2) is 11.4 Å². The minimum atomic E-state index is 0.353. The van der Waals surface area contributed by atoms with Crippen LogP contribution in [0, 0.1) is 6.92 Å². The summed E-state index contributed by atoms with van der Waals surface area (Å²) in [6.45, 7) is 2.06. The monoisotopic (exact) mass is 296 g/mol. The number of hydrogen-bond donors (Lipinski definition) is 1. The standard InChI is InChI=1S/C17H16N2OS/c1-11-6-5-7-12(10-11)15-16(19-20-17(15)18)13-8-3-4-9-14(13)21-2/h3-10H,18H2,1-2H3. The van der Waals surface area contributed by atoms with Gasteiger partial charge in [-0.25, -0.2) is 0 Å². The Kier molecular flexibility index (Phi) is 3.71. The van der Waals surface area contributed by atoms with Crippen LogP contribution >= 0.6 is 11.8 Å². The van der Waals surface area contributed by atoms with E-state index in [-0.39, 0.29) is 0 Å². The lowest BCUT2D eigenvalue weighted by Gasteiger charge is -2.07. The zero-order chi connectivity index (χ0) is 14.8. The summed E-state index contributed by atoms with van der Waals surface area (Å²) in [6.07, 6.45) is 2.05. The predicted molar refractivity (Wildman–Crippen MR) is 88.3 cm³/mol. The molecular formula is C17H16N2OS. The number of thioether (sulfide) groups is 1. The van der Waals surface area contributed by atoms with Gasteiger partial charge in [-0.3, -0.25) is 0 Å². The van der Waals surface area contributed by atoms with Crippen molar-refractivity contribution in [1.82, 2.24) is 5.16 Å². The molecule has 2 N–H and O–H groups in total. The summed E-state index contributed by atoms with van der Waals surface area (Å²) in [5, 5.41) is 4.19. The van der Waals surface area contributed by atoms with Crippen molar-refractivity contribution in [3.8, 4) is 22.4 Å². The molecule has 0 bridgehead atoms. The third-order valence-electron chi connectivity index (χ3n) is 3.39. The van der Waals surface area contributed by atoms with Crippen LogP contribution in [0.1, 0.15) is 5.56 Å². The molecule has 0 atom stereocenters. The minimum Gasteiger partial charge on any atom is -0.367 e. The van der Waals surface area contributed by atoms with Crippen molar-refractivity contribution in [3.05, 3.63) is 54.1 Å². The average Bonchev–Trinajstić information content (AvgIpc) is 2.88. The Bertz CT molecular complexity index is 780. The summed E-state index contributed by atoms with van der Waals surface area (Å²) < 4.78 is 5.26. The number of rotatable bonds is 3. The van der Waals surface area contributed by atoms with Crippen molar-refractivity contribution in [2.75, 3.05) is 12.0 Å². The van der Waals surface area contributed by atoms with E-state index in [1.165, 1.54) is 5.56 Å². The summed E-state index contributed by atoms with van der Waals surface area (Å²) in [5.74, 6) is 0.353. The van der Waals surface area contributed by atoms with Crippen LogP contribution in [0.3, 0.4) is 0 Å². The maximum Gasteiger partial charge on any atom is 0.230 e. The Balaban J connectivity index is 2.22. The number of aromatic nitrogens is 1. The molecule has 0 spiro atoms. The van der Waals surface area contributed by atoms with Crippen molar-refractivity contribution in [2.45, 2.75) is 11.8 Å². The van der Waals surface area contributed by atoms with E-state index >= 15 is 0 Å². The van der Waals surface area contributed by atoms with Gasteiger partial charge in [0.15, 0.2) is 0 Å². The normalized spacial score (nSPS) is 10.8. The van der Waals surface area contributed by atoms with E-state index in [9.17, 15) is 0 Å². The first-order valence-corrected chi connectivity index (χ1v) is 7.88. The van der Waals surface area contributed by atoms with Gasteiger partial charge in [0.1, 0.15) is 5.69 Å². The second kappa shape index (κ2) is 5.66. The largest absolute Gasteiger partial charge is 0.367 e. The van der Waals surface area contributed by atoms with E-state index in [0.717, 1.165) is 27.3 Å². The fourth-order valence-electron chi connectivity index (χ4n) is 2.41. The second-order valence-electron chi connectivity index (χ2n) is 4.84. The topological polar surface area (TPSA) is 52.0 Å². The molecule has 3 nitrogen and oxygen atoms in total. The Hall–Kier alpha value is -2.20. The maximum absolute atomic E-state index is 6.02. The first kappa shape index (κ1) is 13.8. The molecule has 0 aliphatic rings. The lowest BCUT2D eigenvalue weighted by molar-refractivity contribution is 0.439. The fourth-order valence-corrected chi connectivity index (χ4v) is 3.01. The van der Waals surface area contributed by atoms with Gasteiger partial charge in [0.05, 0.1) is 5.56 Å². The highest BCUT2D eigenvalue weighted by molar-refractivity contribution is 7.98. The molecule has 4 heteroatoms. The zero-order valence-electron chi connectivity index (χ0n) is 12.0. The lowest BCUT2D eigenvalue weighted by Crippen LogP contribution is -1.89. The zero-order valence-corrected chi connectivity index (χ0v) is 12.8. The van der Waals surface area contributed by atoms with E-state index in [1.54, 1.807) is 11.8 Å². The molecule has 106 valence electrons. The van der Waals surface area contributed by atoms with Crippen LogP contribution in [0.4, 0.5) is 5.88 Å². The number of aryl methyl sites for hydroxylation is 1. The number of nitrogens with two attached hydrogens (primary N) is 1. The van der Waals surface area contributed by atoms with Crippen LogP contribution < -0.4 is 5.73 Å². The number of hydrogen-bond acceptors (Lipinski definition) is 4. The van der Waals surface area contributed by atoms with Gasteiger partial charge in [-0.2, -0.15) is 0 Å². The average molecular weight is 296 g/mol. The third kappa shape index (κ3) is 2.54. The van der Waals surface area contributed by atoms with Crippen LogP contribution in [0.25, 0.3) is 22.4 Å². The molecule has 2 aromatic carbocycles. The molecule has 0 amide bonds. The summed E-state index contributed by atoms with van der Waals surface area (Å²) >= 11 is 1.68. The number of nitrogen functional groups attached to an aromatic ring is 1. The molecule has 0 radical (unpaired) electrons. The van der Waals surface area contributed by atoms with Gasteiger partial charge in [-0.1, -0.05) is 53.2 Å². The number of anilines is 1. The quantitative estimate of drug-likeness (QED) is 0.716. The molecule has 0 unspecified atom stereocenters. The fraction of sp³-hybridized carbons (Fsp3) is 0.118. The first-order valence-electron chi connectivity index (χ1n) is 6.66. The number of nitrogens with zero attached hydrogens (tertiary/aromatic N) is 1. The predicted octanol–water partition coefficient (Wildman–Crippen LogP) is 4.62. The molecule has 1 aromatic heterocycles. The summed E-state index contributed by atoms with van der Waals surface area (Å²) in [6, 6.07) is 16.3. The highest BCUT2D eigenvalue weighted by Gasteiger charge is 2.19. The lowest BCUT2D eigenvalue weighted by atomic mass is 9.99. The van der Waals surface area contributed by atoms with E-state index in [4.69, 9.17) is 10.3 Å². The molecule has 1 heterocycles. The molecule has 3 aromatic rings. The van der Waals surface area contributed by atoms with E-state index in [2.05, 4.69) is 36.5 Å². The molecular weight excluding hydrogens is 280 g/mol. The third-order valence-corrected chi connectivity index (χ3v) is 4.18. The molecule has 0 aliphatic carbocycles. The molecule has 0 saturated carbocycles. The molecule has 0 aliphatic heterocycles. The second-order valence-corrected chi connectivity index (χ2v) is 5.69. The van der Waals surface area contributed by atoms with E-state index in [1.807, 2.05) is 30.3 Å². The molecule has 0 saturated heterocycles.